The summed E-state index contributed by atoms with van der Waals surface area (Å²) in [6, 6.07) is 2.03. The van der Waals surface area contributed by atoms with Crippen molar-refractivity contribution >= 4 is 27.5 Å². The van der Waals surface area contributed by atoms with Crippen molar-refractivity contribution in [1.29, 1.82) is 0 Å². The van der Waals surface area contributed by atoms with Gasteiger partial charge in [-0.05, 0) is 37.8 Å². The molecular formula is C13H16ClFN2O3S. The highest BCUT2D eigenvalue weighted by Gasteiger charge is 2.29. The molecule has 1 aliphatic carbocycles. The van der Waals surface area contributed by atoms with Gasteiger partial charge in [0, 0.05) is 18.1 Å². The number of nitrogens with zero attached hydrogens (tertiary/aromatic N) is 1. The van der Waals surface area contributed by atoms with Crippen LogP contribution in [0.15, 0.2) is 17.0 Å². The fraction of sp³-hybridized carbons (Fsp3) is 0.462. The predicted molar refractivity (Wildman–Crippen MR) is 77.1 cm³/mol. The first-order chi connectivity index (χ1) is 9.74. The summed E-state index contributed by atoms with van der Waals surface area (Å²) in [5.41, 5.74) is -0.367. The lowest BCUT2D eigenvalue weighted by molar-refractivity contribution is 0.0751. The quantitative estimate of drug-likeness (QED) is 0.894. The summed E-state index contributed by atoms with van der Waals surface area (Å²) >= 11 is 5.78. The minimum Gasteiger partial charge on any atom is -0.339 e. The third-order valence-electron chi connectivity index (χ3n) is 3.39. The molecule has 0 unspecified atom stereocenters. The molecular weight excluding hydrogens is 319 g/mol. The van der Waals surface area contributed by atoms with E-state index in [1.807, 2.05) is 0 Å². The zero-order valence-corrected chi connectivity index (χ0v) is 13.0. The van der Waals surface area contributed by atoms with E-state index in [-0.39, 0.29) is 10.6 Å². The molecule has 0 aromatic heterocycles. The molecule has 1 aliphatic rings. The minimum atomic E-state index is -4.29. The van der Waals surface area contributed by atoms with Gasteiger partial charge in [-0.15, -0.1) is 0 Å². The normalized spacial score (nSPS) is 15.0. The van der Waals surface area contributed by atoms with Crippen molar-refractivity contribution < 1.29 is 17.6 Å². The second-order valence-corrected chi connectivity index (χ2v) is 7.06. The van der Waals surface area contributed by atoms with Gasteiger partial charge in [-0.25, -0.2) is 17.9 Å². The van der Waals surface area contributed by atoms with Crippen LogP contribution in [0.4, 0.5) is 4.39 Å². The van der Waals surface area contributed by atoms with Crippen molar-refractivity contribution in [2.45, 2.75) is 24.7 Å². The maximum absolute atomic E-state index is 14.3. The molecule has 0 heterocycles. The van der Waals surface area contributed by atoms with Crippen LogP contribution in [0, 0.1) is 11.7 Å². The maximum atomic E-state index is 14.3. The Kier molecular flexibility index (Phi) is 4.55. The smallest absolute Gasteiger partial charge is 0.256 e. The number of sulfonamides is 1. The average Bonchev–Trinajstić information content (AvgIpc) is 3.20. The highest BCUT2D eigenvalue weighted by atomic mass is 35.5. The number of hydrogen-bond acceptors (Lipinski definition) is 3. The highest BCUT2D eigenvalue weighted by Crippen LogP contribution is 2.31. The van der Waals surface area contributed by atoms with Gasteiger partial charge in [-0.1, -0.05) is 11.6 Å². The number of halogens is 2. The molecule has 2 rings (SSSR count). The van der Waals surface area contributed by atoms with E-state index in [1.165, 1.54) is 4.90 Å². The van der Waals surface area contributed by atoms with Crippen molar-refractivity contribution in [2.75, 3.05) is 13.1 Å². The van der Waals surface area contributed by atoms with Gasteiger partial charge < -0.3 is 4.90 Å². The van der Waals surface area contributed by atoms with E-state index in [1.54, 1.807) is 6.92 Å². The topological polar surface area (TPSA) is 80.5 Å². The van der Waals surface area contributed by atoms with Crippen LogP contribution in [0.3, 0.4) is 0 Å². The van der Waals surface area contributed by atoms with Crippen LogP contribution < -0.4 is 5.14 Å². The summed E-state index contributed by atoms with van der Waals surface area (Å²) in [4.78, 5) is 13.1. The molecule has 1 aromatic carbocycles. The molecule has 0 radical (unpaired) electrons. The van der Waals surface area contributed by atoms with Gasteiger partial charge in [-0.2, -0.15) is 0 Å². The first-order valence-electron chi connectivity index (χ1n) is 6.55. The summed E-state index contributed by atoms with van der Waals surface area (Å²) in [5.74, 6) is -1.29. The number of amides is 1. The Bertz CT molecular complexity index is 674. The second kappa shape index (κ2) is 5.90. The molecule has 0 saturated heterocycles. The predicted octanol–water partition coefficient (Wildman–Crippen LogP) is 2.00. The molecule has 5 nitrogen and oxygen atoms in total. The standard InChI is InChI=1S/C13H16ClFN2O3S/c1-2-17(7-8-3-4-8)13(18)10-5-9(14)6-11(12(10)15)21(16,19)20/h5-6,8H,2-4,7H2,1H3,(H2,16,19,20). The minimum absolute atomic E-state index is 0.0498. The van der Waals surface area contributed by atoms with Gasteiger partial charge in [0.05, 0.1) is 5.56 Å². The number of benzene rings is 1. The molecule has 2 N–H and O–H groups in total. The van der Waals surface area contributed by atoms with Crippen LogP contribution in [-0.4, -0.2) is 32.3 Å². The molecule has 0 spiro atoms. The molecule has 1 fully saturated rings. The fourth-order valence-corrected chi connectivity index (χ4v) is 3.00. The fourth-order valence-electron chi connectivity index (χ4n) is 2.06. The lowest BCUT2D eigenvalue weighted by atomic mass is 10.1. The van der Waals surface area contributed by atoms with Crippen LogP contribution >= 0.6 is 11.6 Å². The Labute approximate surface area is 127 Å². The van der Waals surface area contributed by atoms with E-state index < -0.39 is 26.6 Å². The van der Waals surface area contributed by atoms with Gasteiger partial charge in [-0.3, -0.25) is 4.79 Å². The van der Waals surface area contributed by atoms with Crippen molar-refractivity contribution in [3.63, 3.8) is 0 Å². The third-order valence-corrected chi connectivity index (χ3v) is 4.51. The molecule has 21 heavy (non-hydrogen) atoms. The summed E-state index contributed by atoms with van der Waals surface area (Å²) in [6.07, 6.45) is 2.09. The Hall–Kier alpha value is -1.18. The summed E-state index contributed by atoms with van der Waals surface area (Å²) in [5, 5.41) is 4.89. The molecule has 0 aliphatic heterocycles. The Morgan fingerprint density at radius 2 is 2.10 bits per heavy atom. The molecule has 1 amide bonds. The molecule has 1 saturated carbocycles. The van der Waals surface area contributed by atoms with Crippen molar-refractivity contribution in [3.05, 3.63) is 28.5 Å². The van der Waals surface area contributed by atoms with E-state index >= 15 is 0 Å². The number of carbonyl (C=O) groups is 1. The first-order valence-corrected chi connectivity index (χ1v) is 8.47. The monoisotopic (exact) mass is 334 g/mol. The number of primary sulfonamides is 1. The third kappa shape index (κ3) is 3.72. The Morgan fingerprint density at radius 1 is 1.48 bits per heavy atom. The second-order valence-electron chi connectivity index (χ2n) is 5.10. The first kappa shape index (κ1) is 16.2. The van der Waals surface area contributed by atoms with Gasteiger partial charge in [0.15, 0.2) is 5.82 Å². The van der Waals surface area contributed by atoms with E-state index in [2.05, 4.69) is 0 Å². The highest BCUT2D eigenvalue weighted by molar-refractivity contribution is 7.89. The van der Waals surface area contributed by atoms with Gasteiger partial charge >= 0.3 is 0 Å². The van der Waals surface area contributed by atoms with Crippen LogP contribution in [0.1, 0.15) is 30.1 Å². The Balaban J connectivity index is 2.42. The lowest BCUT2D eigenvalue weighted by Gasteiger charge is -2.21. The summed E-state index contributed by atoms with van der Waals surface area (Å²) in [7, 11) is -4.29. The van der Waals surface area contributed by atoms with Gasteiger partial charge in [0.25, 0.3) is 5.91 Å². The molecule has 116 valence electrons. The number of carbonyl (C=O) groups excluding carboxylic acids is 1. The van der Waals surface area contributed by atoms with Crippen LogP contribution in [0.5, 0.6) is 0 Å². The maximum Gasteiger partial charge on any atom is 0.256 e. The van der Waals surface area contributed by atoms with Crippen LogP contribution in [0.2, 0.25) is 5.02 Å². The summed E-state index contributed by atoms with van der Waals surface area (Å²) in [6.45, 7) is 2.72. The number of rotatable bonds is 5. The van der Waals surface area contributed by atoms with E-state index in [0.717, 1.165) is 25.0 Å². The van der Waals surface area contributed by atoms with Crippen LogP contribution in [-0.2, 0) is 10.0 Å². The molecule has 0 atom stereocenters. The molecule has 8 heteroatoms. The summed E-state index contributed by atoms with van der Waals surface area (Å²) < 4.78 is 37.0. The lowest BCUT2D eigenvalue weighted by Crippen LogP contribution is -2.33. The number of nitrogens with two attached hydrogens (primary N) is 1. The van der Waals surface area contributed by atoms with Gasteiger partial charge in [0.2, 0.25) is 10.0 Å². The van der Waals surface area contributed by atoms with E-state index in [9.17, 15) is 17.6 Å². The van der Waals surface area contributed by atoms with Crippen LogP contribution in [0.25, 0.3) is 0 Å². The number of hydrogen-bond donors (Lipinski definition) is 1. The van der Waals surface area contributed by atoms with Gasteiger partial charge in [0.1, 0.15) is 4.90 Å². The Morgan fingerprint density at radius 3 is 2.57 bits per heavy atom. The largest absolute Gasteiger partial charge is 0.339 e. The van der Waals surface area contributed by atoms with Crippen molar-refractivity contribution in [1.82, 2.24) is 4.90 Å². The average molecular weight is 335 g/mol. The zero-order valence-electron chi connectivity index (χ0n) is 11.5. The zero-order chi connectivity index (χ0) is 15.8. The SMILES string of the molecule is CCN(CC1CC1)C(=O)c1cc(Cl)cc(S(N)(=O)=O)c1F. The molecule has 0 bridgehead atoms. The van der Waals surface area contributed by atoms with E-state index in [4.69, 9.17) is 16.7 Å². The van der Waals surface area contributed by atoms with Crippen molar-refractivity contribution in [3.8, 4) is 0 Å². The van der Waals surface area contributed by atoms with E-state index in [0.29, 0.717) is 19.0 Å². The molecule has 1 aromatic rings. The van der Waals surface area contributed by atoms with Crippen molar-refractivity contribution in [2.24, 2.45) is 11.1 Å².